The SMILES string of the molecule is CC1=C(C)N2CCCC(C(=O)c3cc(Br)ccc3O)C2S1. The number of thioether (sulfide) groups is 1. The number of piperidine rings is 1. The van der Waals surface area contributed by atoms with Crippen LogP contribution in [-0.4, -0.2) is 27.7 Å². The fourth-order valence-corrected chi connectivity index (χ4v) is 4.93. The van der Waals surface area contributed by atoms with Gasteiger partial charge in [-0.1, -0.05) is 15.9 Å². The van der Waals surface area contributed by atoms with Gasteiger partial charge in [-0.3, -0.25) is 4.79 Å². The van der Waals surface area contributed by atoms with Crippen LogP contribution in [0.5, 0.6) is 5.75 Å². The Labute approximate surface area is 137 Å². The highest BCUT2D eigenvalue weighted by Gasteiger charge is 2.41. The second-order valence-electron chi connectivity index (χ2n) is 5.62. The zero-order valence-electron chi connectivity index (χ0n) is 12.1. The number of carbonyl (C=O) groups excluding carboxylic acids is 1. The molecule has 0 spiro atoms. The van der Waals surface area contributed by atoms with Gasteiger partial charge in [-0.05, 0) is 44.9 Å². The fraction of sp³-hybridized carbons (Fsp3) is 0.438. The van der Waals surface area contributed by atoms with Gasteiger partial charge in [0.1, 0.15) is 5.75 Å². The lowest BCUT2D eigenvalue weighted by molar-refractivity contribution is 0.0825. The van der Waals surface area contributed by atoms with Crippen molar-refractivity contribution in [2.24, 2.45) is 5.92 Å². The molecule has 0 aromatic heterocycles. The van der Waals surface area contributed by atoms with Crippen LogP contribution in [0.4, 0.5) is 0 Å². The first-order chi connectivity index (χ1) is 9.99. The number of benzene rings is 1. The summed E-state index contributed by atoms with van der Waals surface area (Å²) in [7, 11) is 0. The number of phenolic OH excluding ortho intramolecular Hbond substituents is 1. The third-order valence-corrected chi connectivity index (χ3v) is 6.33. The summed E-state index contributed by atoms with van der Waals surface area (Å²) in [5, 5.41) is 10.2. The number of allylic oxidation sites excluding steroid dienone is 2. The molecular weight excluding hydrogens is 350 g/mol. The van der Waals surface area contributed by atoms with Crippen molar-refractivity contribution >= 4 is 33.5 Å². The lowest BCUT2D eigenvalue weighted by Crippen LogP contribution is -2.42. The van der Waals surface area contributed by atoms with E-state index in [-0.39, 0.29) is 22.8 Å². The molecule has 2 heterocycles. The molecule has 0 amide bonds. The van der Waals surface area contributed by atoms with Gasteiger partial charge in [0.15, 0.2) is 5.78 Å². The Morgan fingerprint density at radius 2 is 2.19 bits per heavy atom. The summed E-state index contributed by atoms with van der Waals surface area (Å²) in [4.78, 5) is 16.5. The van der Waals surface area contributed by atoms with Gasteiger partial charge in [0.25, 0.3) is 0 Å². The molecular formula is C16H18BrNO2S. The second-order valence-corrected chi connectivity index (χ2v) is 7.86. The van der Waals surface area contributed by atoms with Crippen LogP contribution in [0, 0.1) is 5.92 Å². The van der Waals surface area contributed by atoms with Crippen LogP contribution < -0.4 is 0 Å². The van der Waals surface area contributed by atoms with E-state index in [1.807, 2.05) is 0 Å². The average molecular weight is 368 g/mol. The van der Waals surface area contributed by atoms with Gasteiger partial charge in [-0.25, -0.2) is 0 Å². The number of hydrogen-bond donors (Lipinski definition) is 1. The number of nitrogens with zero attached hydrogens (tertiary/aromatic N) is 1. The van der Waals surface area contributed by atoms with Crippen molar-refractivity contribution in [1.29, 1.82) is 0 Å². The number of ketones is 1. The van der Waals surface area contributed by atoms with Crippen LogP contribution in [-0.2, 0) is 0 Å². The first kappa shape index (κ1) is 15.0. The molecule has 2 unspecified atom stereocenters. The zero-order valence-corrected chi connectivity index (χ0v) is 14.5. The molecule has 1 aromatic carbocycles. The quantitative estimate of drug-likeness (QED) is 0.787. The van der Waals surface area contributed by atoms with E-state index in [9.17, 15) is 9.90 Å². The van der Waals surface area contributed by atoms with E-state index in [1.165, 1.54) is 10.6 Å². The summed E-state index contributed by atoms with van der Waals surface area (Å²) in [6.45, 7) is 5.28. The van der Waals surface area contributed by atoms with Crippen LogP contribution >= 0.6 is 27.7 Å². The number of aromatic hydroxyl groups is 1. The number of halogens is 1. The molecule has 1 fully saturated rings. The summed E-state index contributed by atoms with van der Waals surface area (Å²) in [6, 6.07) is 5.05. The van der Waals surface area contributed by atoms with E-state index in [0.29, 0.717) is 5.56 Å². The van der Waals surface area contributed by atoms with Gasteiger partial charge in [0.05, 0.1) is 16.9 Å². The van der Waals surface area contributed by atoms with E-state index >= 15 is 0 Å². The predicted molar refractivity (Wildman–Crippen MR) is 89.3 cm³/mol. The lowest BCUT2D eigenvalue weighted by atomic mass is 9.89. The molecule has 1 saturated heterocycles. The van der Waals surface area contributed by atoms with Gasteiger partial charge < -0.3 is 10.0 Å². The maximum atomic E-state index is 12.9. The maximum absolute atomic E-state index is 12.9. The van der Waals surface area contributed by atoms with Crippen molar-refractivity contribution < 1.29 is 9.90 Å². The minimum atomic E-state index is -0.0589. The molecule has 2 aliphatic heterocycles. The van der Waals surface area contributed by atoms with Gasteiger partial charge in [0, 0.05) is 21.6 Å². The van der Waals surface area contributed by atoms with Crippen LogP contribution in [0.25, 0.3) is 0 Å². The summed E-state index contributed by atoms with van der Waals surface area (Å²) in [5.41, 5.74) is 1.72. The largest absolute Gasteiger partial charge is 0.507 e. The smallest absolute Gasteiger partial charge is 0.172 e. The number of phenols is 1. The lowest BCUT2D eigenvalue weighted by Gasteiger charge is -2.37. The Kier molecular flexibility index (Phi) is 4.06. The minimum absolute atomic E-state index is 0.0542. The number of rotatable bonds is 2. The maximum Gasteiger partial charge on any atom is 0.172 e. The first-order valence-corrected chi connectivity index (χ1v) is 8.80. The summed E-state index contributed by atoms with van der Waals surface area (Å²) < 4.78 is 0.820. The number of carbonyl (C=O) groups is 1. The number of Topliss-reactive ketones (excluding diaryl/α,β-unsaturated/α-hetero) is 1. The molecule has 1 N–H and O–H groups in total. The van der Waals surface area contributed by atoms with E-state index < -0.39 is 0 Å². The molecule has 5 heteroatoms. The molecule has 0 radical (unpaired) electrons. The Balaban J connectivity index is 1.90. The van der Waals surface area contributed by atoms with Gasteiger partial charge in [-0.15, -0.1) is 11.8 Å². The highest BCUT2D eigenvalue weighted by Crippen LogP contribution is 2.46. The zero-order chi connectivity index (χ0) is 15.1. The third kappa shape index (κ3) is 2.61. The molecule has 2 aliphatic rings. The number of hydrogen-bond acceptors (Lipinski definition) is 4. The molecule has 3 rings (SSSR count). The van der Waals surface area contributed by atoms with Crippen LogP contribution in [0.1, 0.15) is 37.0 Å². The first-order valence-electron chi connectivity index (χ1n) is 7.12. The Morgan fingerprint density at radius 3 is 2.95 bits per heavy atom. The number of fused-ring (bicyclic) bond motifs is 1. The van der Waals surface area contributed by atoms with E-state index in [1.54, 1.807) is 30.0 Å². The third-order valence-electron chi connectivity index (χ3n) is 4.36. The molecule has 0 aliphatic carbocycles. The van der Waals surface area contributed by atoms with Crippen molar-refractivity contribution in [3.8, 4) is 5.75 Å². The van der Waals surface area contributed by atoms with Gasteiger partial charge in [-0.2, -0.15) is 0 Å². The van der Waals surface area contributed by atoms with Crippen LogP contribution in [0.2, 0.25) is 0 Å². The van der Waals surface area contributed by atoms with E-state index in [0.717, 1.165) is 23.9 Å². The van der Waals surface area contributed by atoms with Crippen LogP contribution in [0.3, 0.4) is 0 Å². The summed E-state index contributed by atoms with van der Waals surface area (Å²) >= 11 is 5.17. The molecule has 2 atom stereocenters. The average Bonchev–Trinajstić information content (AvgIpc) is 2.76. The van der Waals surface area contributed by atoms with Crippen molar-refractivity contribution in [3.05, 3.63) is 38.8 Å². The Morgan fingerprint density at radius 1 is 1.43 bits per heavy atom. The van der Waals surface area contributed by atoms with E-state index in [4.69, 9.17) is 0 Å². The molecule has 0 saturated carbocycles. The Bertz CT molecular complexity index is 629. The summed E-state index contributed by atoms with van der Waals surface area (Å²) in [5.74, 6) is 0.0690. The molecule has 1 aromatic rings. The second kappa shape index (κ2) is 5.69. The monoisotopic (exact) mass is 367 g/mol. The highest BCUT2D eigenvalue weighted by atomic mass is 79.9. The van der Waals surface area contributed by atoms with Crippen molar-refractivity contribution in [2.75, 3.05) is 6.54 Å². The molecule has 0 bridgehead atoms. The molecule has 112 valence electrons. The highest BCUT2D eigenvalue weighted by molar-refractivity contribution is 9.10. The minimum Gasteiger partial charge on any atom is -0.507 e. The standard InChI is InChI=1S/C16H18BrNO2S/c1-9-10(2)21-16-12(4-3-7-18(9)16)15(20)13-8-11(17)5-6-14(13)19/h5-6,8,12,16,19H,3-4,7H2,1-2H3. The molecule has 3 nitrogen and oxygen atoms in total. The normalized spacial score (nSPS) is 25.2. The summed E-state index contributed by atoms with van der Waals surface area (Å²) in [6.07, 6.45) is 1.91. The van der Waals surface area contributed by atoms with Crippen LogP contribution in [0.15, 0.2) is 33.3 Å². The van der Waals surface area contributed by atoms with Crippen molar-refractivity contribution in [3.63, 3.8) is 0 Å². The van der Waals surface area contributed by atoms with Crippen molar-refractivity contribution in [2.45, 2.75) is 32.1 Å². The molecule has 21 heavy (non-hydrogen) atoms. The van der Waals surface area contributed by atoms with Gasteiger partial charge >= 0.3 is 0 Å². The fourth-order valence-electron chi connectivity index (χ4n) is 3.11. The van der Waals surface area contributed by atoms with E-state index in [2.05, 4.69) is 34.7 Å². The van der Waals surface area contributed by atoms with Crippen molar-refractivity contribution in [1.82, 2.24) is 4.90 Å². The predicted octanol–water partition coefficient (Wildman–Crippen LogP) is 4.37. The topological polar surface area (TPSA) is 40.5 Å². The Hall–Kier alpha value is -0.940. The van der Waals surface area contributed by atoms with Gasteiger partial charge in [0.2, 0.25) is 0 Å².